The maximum absolute atomic E-state index is 13.0. The van der Waals surface area contributed by atoms with Crippen molar-refractivity contribution in [2.24, 2.45) is 0 Å². The number of carbonyl (C=O) groups is 1. The Kier molecular flexibility index (Phi) is 6.42. The van der Waals surface area contributed by atoms with Gasteiger partial charge in [-0.3, -0.25) is 9.69 Å². The van der Waals surface area contributed by atoms with Gasteiger partial charge >= 0.3 is 0 Å². The number of amides is 1. The highest BCUT2D eigenvalue weighted by Crippen LogP contribution is 2.27. The van der Waals surface area contributed by atoms with E-state index in [1.165, 1.54) is 5.56 Å². The van der Waals surface area contributed by atoms with Gasteiger partial charge in [0.1, 0.15) is 5.58 Å². The van der Waals surface area contributed by atoms with Gasteiger partial charge in [-0.05, 0) is 48.7 Å². The minimum absolute atomic E-state index is 0.0477. The van der Waals surface area contributed by atoms with E-state index in [0.717, 1.165) is 41.6 Å². The summed E-state index contributed by atoms with van der Waals surface area (Å²) >= 11 is 6.07. The van der Waals surface area contributed by atoms with Crippen LogP contribution in [0.25, 0.3) is 11.0 Å². The Morgan fingerprint density at radius 2 is 1.90 bits per heavy atom. The summed E-state index contributed by atoms with van der Waals surface area (Å²) in [7, 11) is 0. The first-order valence-electron chi connectivity index (χ1n) is 10.4. The maximum atomic E-state index is 13.0. The highest BCUT2D eigenvalue weighted by atomic mass is 35.5. The van der Waals surface area contributed by atoms with Gasteiger partial charge in [0.15, 0.2) is 5.76 Å². The smallest absolute Gasteiger partial charge is 0.287 e. The first-order chi connectivity index (χ1) is 14.6. The normalized spacial score (nSPS) is 16.0. The molecule has 1 atom stereocenters. The second-order valence-electron chi connectivity index (χ2n) is 7.67. The average molecular weight is 427 g/mol. The number of benzene rings is 2. The fourth-order valence-corrected chi connectivity index (χ4v) is 4.13. The summed E-state index contributed by atoms with van der Waals surface area (Å²) in [5.74, 6) is 0.198. The van der Waals surface area contributed by atoms with Crippen LogP contribution in [-0.4, -0.2) is 43.7 Å². The molecule has 1 N–H and O–H groups in total. The lowest BCUT2D eigenvalue weighted by molar-refractivity contribution is 0.0161. The third kappa shape index (κ3) is 4.38. The van der Waals surface area contributed by atoms with Crippen LogP contribution in [-0.2, 0) is 11.2 Å². The predicted octanol–water partition coefficient (Wildman–Crippen LogP) is 4.76. The van der Waals surface area contributed by atoms with Crippen LogP contribution in [0.4, 0.5) is 0 Å². The summed E-state index contributed by atoms with van der Waals surface area (Å²) in [6, 6.07) is 14.0. The van der Waals surface area contributed by atoms with Crippen molar-refractivity contribution < 1.29 is 13.9 Å². The summed E-state index contributed by atoms with van der Waals surface area (Å²) in [6.07, 6.45) is 0.949. The summed E-state index contributed by atoms with van der Waals surface area (Å²) in [5.41, 5.74) is 3.98. The number of furan rings is 1. The van der Waals surface area contributed by atoms with Crippen LogP contribution in [0.1, 0.15) is 40.2 Å². The van der Waals surface area contributed by atoms with Crippen molar-refractivity contribution in [3.05, 3.63) is 69.9 Å². The standard InChI is InChI=1S/C24H27ClN2O3/c1-3-17-4-9-22-20(14-17)16(2)23(30-22)24(28)26-15-21(27-10-12-29-13-11-27)18-5-7-19(25)8-6-18/h4-9,14,21H,3,10-13,15H2,1-2H3,(H,26,28)/t21-/m1/s1. The molecule has 0 spiro atoms. The number of nitrogens with zero attached hydrogens (tertiary/aromatic N) is 1. The molecule has 4 rings (SSSR count). The molecule has 1 aliphatic rings. The number of ether oxygens (including phenoxy) is 1. The molecule has 5 nitrogen and oxygen atoms in total. The molecule has 0 bridgehead atoms. The van der Waals surface area contributed by atoms with Crippen LogP contribution in [0.15, 0.2) is 46.9 Å². The summed E-state index contributed by atoms with van der Waals surface area (Å²) in [4.78, 5) is 15.3. The Balaban J connectivity index is 1.54. The lowest BCUT2D eigenvalue weighted by Crippen LogP contribution is -2.43. The number of carbonyl (C=O) groups excluding carboxylic acids is 1. The quantitative estimate of drug-likeness (QED) is 0.617. The van der Waals surface area contributed by atoms with Crippen molar-refractivity contribution in [2.75, 3.05) is 32.8 Å². The van der Waals surface area contributed by atoms with Gasteiger partial charge in [0.05, 0.1) is 19.3 Å². The molecule has 30 heavy (non-hydrogen) atoms. The molecule has 3 aromatic rings. The van der Waals surface area contributed by atoms with Crippen molar-refractivity contribution in [3.63, 3.8) is 0 Å². The highest BCUT2D eigenvalue weighted by Gasteiger charge is 2.25. The van der Waals surface area contributed by atoms with Crippen molar-refractivity contribution in [1.29, 1.82) is 0 Å². The Labute approximate surface area is 181 Å². The molecule has 2 aromatic carbocycles. The number of rotatable bonds is 6. The third-order valence-electron chi connectivity index (χ3n) is 5.81. The molecule has 1 aliphatic heterocycles. The molecule has 0 unspecified atom stereocenters. The second kappa shape index (κ2) is 9.21. The van der Waals surface area contributed by atoms with Gasteiger partial charge in [-0.2, -0.15) is 0 Å². The number of halogens is 1. The fraction of sp³-hybridized carbons (Fsp3) is 0.375. The molecule has 1 aromatic heterocycles. The lowest BCUT2D eigenvalue weighted by Gasteiger charge is -2.34. The SMILES string of the molecule is CCc1ccc2oc(C(=O)NC[C@H](c3ccc(Cl)cc3)N3CCOCC3)c(C)c2c1. The van der Waals surface area contributed by atoms with Crippen LogP contribution in [0, 0.1) is 6.92 Å². The molecule has 1 amide bonds. The first-order valence-corrected chi connectivity index (χ1v) is 10.8. The number of morpholine rings is 1. The molecule has 0 aliphatic carbocycles. The van der Waals surface area contributed by atoms with Crippen LogP contribution in [0.3, 0.4) is 0 Å². The van der Waals surface area contributed by atoms with E-state index in [1.807, 2.05) is 43.3 Å². The third-order valence-corrected chi connectivity index (χ3v) is 6.06. The molecule has 1 saturated heterocycles. The average Bonchev–Trinajstić information content (AvgIpc) is 3.11. The topological polar surface area (TPSA) is 54.7 Å². The monoisotopic (exact) mass is 426 g/mol. The van der Waals surface area contributed by atoms with E-state index in [0.29, 0.717) is 30.5 Å². The van der Waals surface area contributed by atoms with Crippen LogP contribution in [0.5, 0.6) is 0 Å². The van der Waals surface area contributed by atoms with Gasteiger partial charge in [-0.15, -0.1) is 0 Å². The number of hydrogen-bond donors (Lipinski definition) is 1. The number of fused-ring (bicyclic) bond motifs is 1. The van der Waals surface area contributed by atoms with Gasteiger partial charge < -0.3 is 14.5 Å². The molecule has 158 valence electrons. The van der Waals surface area contributed by atoms with Crippen LogP contribution in [0.2, 0.25) is 5.02 Å². The highest BCUT2D eigenvalue weighted by molar-refractivity contribution is 6.30. The molecule has 2 heterocycles. The Morgan fingerprint density at radius 1 is 1.17 bits per heavy atom. The zero-order valence-corrected chi connectivity index (χ0v) is 18.2. The van der Waals surface area contributed by atoms with E-state index in [-0.39, 0.29) is 11.9 Å². The van der Waals surface area contributed by atoms with Crippen molar-refractivity contribution in [1.82, 2.24) is 10.2 Å². The van der Waals surface area contributed by atoms with Gasteiger partial charge in [0, 0.05) is 35.6 Å². The summed E-state index contributed by atoms with van der Waals surface area (Å²) in [6.45, 7) is 7.59. The number of aryl methyl sites for hydroxylation is 2. The van der Waals surface area contributed by atoms with E-state index in [2.05, 4.69) is 23.2 Å². The zero-order chi connectivity index (χ0) is 21.1. The number of hydrogen-bond acceptors (Lipinski definition) is 4. The second-order valence-corrected chi connectivity index (χ2v) is 8.10. The Morgan fingerprint density at radius 3 is 2.60 bits per heavy atom. The minimum Gasteiger partial charge on any atom is -0.451 e. The largest absolute Gasteiger partial charge is 0.451 e. The van der Waals surface area contributed by atoms with Crippen molar-refractivity contribution in [2.45, 2.75) is 26.3 Å². The van der Waals surface area contributed by atoms with E-state index in [9.17, 15) is 4.79 Å². The van der Waals surface area contributed by atoms with Gasteiger partial charge in [0.2, 0.25) is 0 Å². The Hall–Kier alpha value is -2.34. The van der Waals surface area contributed by atoms with Crippen LogP contribution >= 0.6 is 11.6 Å². The van der Waals surface area contributed by atoms with E-state index < -0.39 is 0 Å². The van der Waals surface area contributed by atoms with Crippen LogP contribution < -0.4 is 5.32 Å². The van der Waals surface area contributed by atoms with E-state index in [4.69, 9.17) is 20.8 Å². The zero-order valence-electron chi connectivity index (χ0n) is 17.4. The summed E-state index contributed by atoms with van der Waals surface area (Å²) in [5, 5.41) is 4.80. The van der Waals surface area contributed by atoms with E-state index in [1.54, 1.807) is 0 Å². The van der Waals surface area contributed by atoms with Crippen molar-refractivity contribution in [3.8, 4) is 0 Å². The first kappa shape index (κ1) is 20.9. The number of nitrogens with one attached hydrogen (secondary N) is 1. The van der Waals surface area contributed by atoms with E-state index >= 15 is 0 Å². The molecule has 1 fully saturated rings. The van der Waals surface area contributed by atoms with Gasteiger partial charge in [-0.25, -0.2) is 0 Å². The molecular formula is C24H27ClN2O3. The molecular weight excluding hydrogens is 400 g/mol. The van der Waals surface area contributed by atoms with Crippen molar-refractivity contribution >= 4 is 28.5 Å². The van der Waals surface area contributed by atoms with Gasteiger partial charge in [-0.1, -0.05) is 36.7 Å². The van der Waals surface area contributed by atoms with Gasteiger partial charge in [0.25, 0.3) is 5.91 Å². The maximum Gasteiger partial charge on any atom is 0.287 e. The Bertz CT molecular complexity index is 1020. The summed E-state index contributed by atoms with van der Waals surface area (Å²) < 4.78 is 11.4. The lowest BCUT2D eigenvalue weighted by atomic mass is 10.0. The minimum atomic E-state index is -0.186. The fourth-order valence-electron chi connectivity index (χ4n) is 4.01. The predicted molar refractivity (Wildman–Crippen MR) is 119 cm³/mol. The molecule has 0 radical (unpaired) electrons. The molecule has 0 saturated carbocycles. The molecule has 6 heteroatoms.